The van der Waals surface area contributed by atoms with Gasteiger partial charge in [0.2, 0.25) is 0 Å². The quantitative estimate of drug-likeness (QED) is 0.210. The average Bonchev–Trinajstić information content (AvgIpc) is 2.93. The second kappa shape index (κ2) is 15.0. The number of rotatable bonds is 13. The standard InChI is InChI=1S/C29H31Cl2N3O5/c1-4-14-38-26-12-10-21(16-27(26)37-3)18-32-34-29(36)24(15-20-8-6-5-7-9-20)33-28(35)19(2)39-25-13-11-22(30)17-23(25)31/h5-13,16-19,24H,4,14-15H2,1-3H3,(H,33,35)(H,34,36)/b32-18-/t19-,24+/m1/s1. The van der Waals surface area contributed by atoms with Crippen LogP contribution in [0.3, 0.4) is 0 Å². The molecular formula is C29H31Cl2N3O5. The Morgan fingerprint density at radius 1 is 0.974 bits per heavy atom. The molecule has 2 atom stereocenters. The molecule has 0 radical (unpaired) electrons. The van der Waals surface area contributed by atoms with Gasteiger partial charge in [-0.3, -0.25) is 9.59 Å². The minimum atomic E-state index is -0.931. The summed E-state index contributed by atoms with van der Waals surface area (Å²) in [6.07, 6.45) is 1.68. The van der Waals surface area contributed by atoms with Crippen LogP contribution in [0.1, 0.15) is 31.4 Å². The fourth-order valence-corrected chi connectivity index (χ4v) is 3.96. The number of methoxy groups -OCH3 is 1. The third-order valence-electron chi connectivity index (χ3n) is 5.52. The number of carbonyl (C=O) groups is 2. The third kappa shape index (κ3) is 9.19. The molecule has 0 heterocycles. The van der Waals surface area contributed by atoms with E-state index >= 15 is 0 Å². The minimum Gasteiger partial charge on any atom is -0.493 e. The van der Waals surface area contributed by atoms with E-state index < -0.39 is 24.0 Å². The van der Waals surface area contributed by atoms with Crippen LogP contribution in [0.15, 0.2) is 71.8 Å². The van der Waals surface area contributed by atoms with Crippen LogP contribution in [-0.4, -0.2) is 43.9 Å². The Morgan fingerprint density at radius 2 is 1.72 bits per heavy atom. The van der Waals surface area contributed by atoms with E-state index in [0.717, 1.165) is 12.0 Å². The van der Waals surface area contributed by atoms with Crippen LogP contribution in [0.2, 0.25) is 10.0 Å². The van der Waals surface area contributed by atoms with Crippen molar-refractivity contribution < 1.29 is 23.8 Å². The molecule has 0 aliphatic heterocycles. The van der Waals surface area contributed by atoms with E-state index in [1.165, 1.54) is 12.3 Å². The summed E-state index contributed by atoms with van der Waals surface area (Å²) in [7, 11) is 1.55. The Kier molecular flexibility index (Phi) is 11.5. The molecule has 0 fully saturated rings. The highest BCUT2D eigenvalue weighted by molar-refractivity contribution is 6.35. The van der Waals surface area contributed by atoms with Gasteiger partial charge in [-0.05, 0) is 60.9 Å². The first-order valence-electron chi connectivity index (χ1n) is 12.4. The molecular weight excluding hydrogens is 541 g/mol. The summed E-state index contributed by atoms with van der Waals surface area (Å²) in [5.74, 6) is 0.507. The van der Waals surface area contributed by atoms with Gasteiger partial charge < -0.3 is 19.5 Å². The van der Waals surface area contributed by atoms with Gasteiger partial charge in [0.1, 0.15) is 11.8 Å². The van der Waals surface area contributed by atoms with Gasteiger partial charge in [0.25, 0.3) is 11.8 Å². The van der Waals surface area contributed by atoms with Gasteiger partial charge in [-0.25, -0.2) is 5.43 Å². The summed E-state index contributed by atoms with van der Waals surface area (Å²) in [6, 6.07) is 18.5. The topological polar surface area (TPSA) is 98.2 Å². The van der Waals surface area contributed by atoms with Crippen LogP contribution in [-0.2, 0) is 16.0 Å². The summed E-state index contributed by atoms with van der Waals surface area (Å²) in [5.41, 5.74) is 4.07. The van der Waals surface area contributed by atoms with Crippen molar-refractivity contribution in [3.63, 3.8) is 0 Å². The molecule has 2 amide bonds. The smallest absolute Gasteiger partial charge is 0.262 e. The largest absolute Gasteiger partial charge is 0.493 e. The number of hydrazone groups is 1. The molecule has 0 bridgehead atoms. The number of carbonyl (C=O) groups excluding carboxylic acids is 2. The van der Waals surface area contributed by atoms with Gasteiger partial charge in [0.15, 0.2) is 17.6 Å². The Balaban J connectivity index is 1.68. The zero-order valence-corrected chi connectivity index (χ0v) is 23.5. The first-order valence-corrected chi connectivity index (χ1v) is 13.2. The zero-order chi connectivity index (χ0) is 28.2. The maximum atomic E-state index is 13.1. The molecule has 0 aliphatic carbocycles. The van der Waals surface area contributed by atoms with E-state index in [-0.39, 0.29) is 11.4 Å². The minimum absolute atomic E-state index is 0.250. The second-order valence-electron chi connectivity index (χ2n) is 8.58. The number of amides is 2. The number of hydrogen-bond donors (Lipinski definition) is 2. The van der Waals surface area contributed by atoms with Crippen LogP contribution >= 0.6 is 23.2 Å². The van der Waals surface area contributed by atoms with Crippen LogP contribution in [0.4, 0.5) is 0 Å². The molecule has 0 unspecified atom stereocenters. The van der Waals surface area contributed by atoms with Crippen molar-refractivity contribution >= 4 is 41.2 Å². The highest BCUT2D eigenvalue weighted by atomic mass is 35.5. The molecule has 0 saturated carbocycles. The average molecular weight is 572 g/mol. The molecule has 39 heavy (non-hydrogen) atoms. The van der Waals surface area contributed by atoms with Crippen molar-refractivity contribution in [1.82, 2.24) is 10.7 Å². The van der Waals surface area contributed by atoms with E-state index in [9.17, 15) is 9.59 Å². The van der Waals surface area contributed by atoms with Crippen LogP contribution in [0.25, 0.3) is 0 Å². The van der Waals surface area contributed by atoms with E-state index in [2.05, 4.69) is 15.8 Å². The Morgan fingerprint density at radius 3 is 2.41 bits per heavy atom. The van der Waals surface area contributed by atoms with E-state index in [4.69, 9.17) is 37.4 Å². The second-order valence-corrected chi connectivity index (χ2v) is 9.42. The van der Waals surface area contributed by atoms with Crippen molar-refractivity contribution in [2.24, 2.45) is 5.10 Å². The van der Waals surface area contributed by atoms with Gasteiger partial charge in [-0.2, -0.15) is 5.10 Å². The molecule has 206 valence electrons. The first-order chi connectivity index (χ1) is 18.8. The van der Waals surface area contributed by atoms with Crippen LogP contribution in [0, 0.1) is 0 Å². The molecule has 0 aromatic heterocycles. The molecule has 8 nitrogen and oxygen atoms in total. The number of nitrogens with zero attached hydrogens (tertiary/aromatic N) is 1. The molecule has 0 aliphatic rings. The summed E-state index contributed by atoms with van der Waals surface area (Å²) in [5, 5.41) is 7.55. The van der Waals surface area contributed by atoms with E-state index in [1.54, 1.807) is 44.4 Å². The van der Waals surface area contributed by atoms with Gasteiger partial charge in [0, 0.05) is 11.4 Å². The van der Waals surface area contributed by atoms with Gasteiger partial charge >= 0.3 is 0 Å². The van der Waals surface area contributed by atoms with Crippen LogP contribution < -0.4 is 25.0 Å². The maximum absolute atomic E-state index is 13.1. The number of nitrogens with one attached hydrogen (secondary N) is 2. The molecule has 0 spiro atoms. The monoisotopic (exact) mass is 571 g/mol. The molecule has 0 saturated heterocycles. The Labute approximate surface area is 238 Å². The van der Waals surface area contributed by atoms with Crippen molar-refractivity contribution in [2.75, 3.05) is 13.7 Å². The normalized spacial score (nSPS) is 12.4. The maximum Gasteiger partial charge on any atom is 0.262 e. The lowest BCUT2D eigenvalue weighted by molar-refractivity contribution is -0.132. The third-order valence-corrected chi connectivity index (χ3v) is 6.05. The van der Waals surface area contributed by atoms with Crippen LogP contribution in [0.5, 0.6) is 17.2 Å². The van der Waals surface area contributed by atoms with Gasteiger partial charge in [-0.1, -0.05) is 60.5 Å². The lowest BCUT2D eigenvalue weighted by Crippen LogP contribution is -2.50. The fraction of sp³-hybridized carbons (Fsp3) is 0.276. The molecule has 2 N–H and O–H groups in total. The van der Waals surface area contributed by atoms with E-state index in [1.807, 2.05) is 37.3 Å². The molecule has 10 heteroatoms. The van der Waals surface area contributed by atoms with Gasteiger partial charge in [0.05, 0.1) is 25.0 Å². The Hall–Kier alpha value is -3.75. The van der Waals surface area contributed by atoms with Gasteiger partial charge in [-0.15, -0.1) is 0 Å². The van der Waals surface area contributed by atoms with Crippen molar-refractivity contribution in [3.8, 4) is 17.2 Å². The van der Waals surface area contributed by atoms with Crippen molar-refractivity contribution in [2.45, 2.75) is 38.8 Å². The lowest BCUT2D eigenvalue weighted by Gasteiger charge is -2.21. The number of halogens is 2. The molecule has 3 aromatic carbocycles. The summed E-state index contributed by atoms with van der Waals surface area (Å²) < 4.78 is 16.8. The summed E-state index contributed by atoms with van der Waals surface area (Å²) in [4.78, 5) is 26.0. The first kappa shape index (κ1) is 29.8. The molecule has 3 rings (SSSR count). The molecule has 3 aromatic rings. The SMILES string of the molecule is CCCOc1ccc(/C=N\NC(=O)[C@H](Cc2ccccc2)NC(=O)[C@@H](C)Oc2ccc(Cl)cc2Cl)cc1OC. The lowest BCUT2D eigenvalue weighted by atomic mass is 10.1. The highest BCUT2D eigenvalue weighted by Crippen LogP contribution is 2.29. The highest BCUT2D eigenvalue weighted by Gasteiger charge is 2.25. The van der Waals surface area contributed by atoms with Crippen molar-refractivity contribution in [1.29, 1.82) is 0 Å². The number of hydrogen-bond acceptors (Lipinski definition) is 6. The zero-order valence-electron chi connectivity index (χ0n) is 21.9. The number of ether oxygens (including phenoxy) is 3. The van der Waals surface area contributed by atoms with Crippen molar-refractivity contribution in [3.05, 3.63) is 87.9 Å². The van der Waals surface area contributed by atoms with E-state index in [0.29, 0.717) is 34.4 Å². The summed E-state index contributed by atoms with van der Waals surface area (Å²) >= 11 is 12.1. The fourth-order valence-electron chi connectivity index (χ4n) is 3.51. The predicted octanol–water partition coefficient (Wildman–Crippen LogP) is 5.44. The Bertz CT molecular complexity index is 1290. The predicted molar refractivity (Wildman–Crippen MR) is 153 cm³/mol. The summed E-state index contributed by atoms with van der Waals surface area (Å²) in [6.45, 7) is 4.16. The number of benzene rings is 3.